The maximum atomic E-state index is 13.7. The first kappa shape index (κ1) is 21.7. The molecule has 3 heterocycles. The molecular formula is C23H29F3N4O. The van der Waals surface area contributed by atoms with Gasteiger partial charge in [0.25, 0.3) is 0 Å². The average molecular weight is 435 g/mol. The highest BCUT2D eigenvalue weighted by Gasteiger charge is 2.48. The highest BCUT2D eigenvalue weighted by molar-refractivity contribution is 5.83. The normalized spacial score (nSPS) is 25.0. The van der Waals surface area contributed by atoms with Crippen LogP contribution in [0.25, 0.3) is 0 Å². The monoisotopic (exact) mass is 434 g/mol. The van der Waals surface area contributed by atoms with Crippen molar-refractivity contribution in [2.75, 3.05) is 18.4 Å². The van der Waals surface area contributed by atoms with Gasteiger partial charge < -0.3 is 10.2 Å². The van der Waals surface area contributed by atoms with Gasteiger partial charge in [0, 0.05) is 25.2 Å². The van der Waals surface area contributed by atoms with Gasteiger partial charge in [-0.2, -0.15) is 18.3 Å². The van der Waals surface area contributed by atoms with Crippen LogP contribution in [0.3, 0.4) is 0 Å². The van der Waals surface area contributed by atoms with E-state index in [1.165, 1.54) is 0 Å². The van der Waals surface area contributed by atoms with Crippen LogP contribution in [0.4, 0.5) is 19.0 Å². The van der Waals surface area contributed by atoms with Crippen LogP contribution in [0.15, 0.2) is 30.3 Å². The number of carbonyl (C=O) groups excluding carboxylic acids is 1. The summed E-state index contributed by atoms with van der Waals surface area (Å²) in [6.07, 6.45) is -2.84. The van der Waals surface area contributed by atoms with Crippen molar-refractivity contribution >= 4 is 11.7 Å². The number of carbonyl (C=O) groups is 1. The standard InChI is InChI=1S/C23H29F3N4O/c1-14-6-8-17(9-7-14)16(3)22(31)29-10-4-5-18(13-29)19-12-20(23(24,25)26)30-21(27-19)11-15(2)28-30/h6-9,11,16,18-20,27H,4-5,10,12-13H2,1-3H3/t16-,18+,19-,20+/m0/s1. The topological polar surface area (TPSA) is 50.2 Å². The van der Waals surface area contributed by atoms with Gasteiger partial charge in [-0.3, -0.25) is 4.79 Å². The van der Waals surface area contributed by atoms with Crippen LogP contribution >= 0.6 is 0 Å². The number of rotatable bonds is 3. The van der Waals surface area contributed by atoms with Crippen molar-refractivity contribution in [3.63, 3.8) is 0 Å². The first-order valence-corrected chi connectivity index (χ1v) is 10.9. The fourth-order valence-electron chi connectivity index (χ4n) is 4.84. The Morgan fingerprint density at radius 3 is 2.61 bits per heavy atom. The number of piperidine rings is 1. The van der Waals surface area contributed by atoms with Crippen molar-refractivity contribution in [2.24, 2.45) is 5.92 Å². The molecule has 1 fully saturated rings. The lowest BCUT2D eigenvalue weighted by atomic mass is 9.85. The molecule has 0 saturated carbocycles. The Kier molecular flexibility index (Phi) is 5.75. The molecule has 1 aromatic carbocycles. The zero-order valence-corrected chi connectivity index (χ0v) is 18.1. The summed E-state index contributed by atoms with van der Waals surface area (Å²) < 4.78 is 42.3. The second kappa shape index (κ2) is 8.20. The van der Waals surface area contributed by atoms with Crippen LogP contribution in [0.2, 0.25) is 0 Å². The highest BCUT2D eigenvalue weighted by Crippen LogP contribution is 2.42. The van der Waals surface area contributed by atoms with Gasteiger partial charge in [0.2, 0.25) is 5.91 Å². The maximum absolute atomic E-state index is 13.7. The summed E-state index contributed by atoms with van der Waals surface area (Å²) in [6.45, 7) is 6.73. The van der Waals surface area contributed by atoms with E-state index in [4.69, 9.17) is 0 Å². The zero-order chi connectivity index (χ0) is 22.3. The van der Waals surface area contributed by atoms with Gasteiger partial charge in [0.05, 0.1) is 11.6 Å². The number of anilines is 1. The van der Waals surface area contributed by atoms with Crippen molar-refractivity contribution in [1.82, 2.24) is 14.7 Å². The molecule has 5 nitrogen and oxygen atoms in total. The predicted molar refractivity (Wildman–Crippen MR) is 113 cm³/mol. The van der Waals surface area contributed by atoms with Crippen molar-refractivity contribution in [2.45, 2.75) is 64.2 Å². The summed E-state index contributed by atoms with van der Waals surface area (Å²) in [5, 5.41) is 7.33. The van der Waals surface area contributed by atoms with Gasteiger partial charge >= 0.3 is 6.18 Å². The molecule has 0 spiro atoms. The number of fused-ring (bicyclic) bond motifs is 1. The minimum absolute atomic E-state index is 0.0308. The van der Waals surface area contributed by atoms with E-state index in [-0.39, 0.29) is 30.2 Å². The lowest BCUT2D eigenvalue weighted by Crippen LogP contribution is -2.49. The molecule has 2 aliphatic heterocycles. The summed E-state index contributed by atoms with van der Waals surface area (Å²) >= 11 is 0. The van der Waals surface area contributed by atoms with Crippen molar-refractivity contribution in [3.05, 3.63) is 47.2 Å². The zero-order valence-electron chi connectivity index (χ0n) is 18.1. The first-order chi connectivity index (χ1) is 14.6. The minimum Gasteiger partial charge on any atom is -0.367 e. The molecule has 2 aromatic rings. The molecule has 2 aliphatic rings. The fraction of sp³-hybridized carbons (Fsp3) is 0.565. The second-order valence-electron chi connectivity index (χ2n) is 8.98. The van der Waals surface area contributed by atoms with Crippen LogP contribution in [0.5, 0.6) is 0 Å². The van der Waals surface area contributed by atoms with E-state index in [1.54, 1.807) is 13.0 Å². The molecule has 1 aromatic heterocycles. The molecule has 0 aliphatic carbocycles. The van der Waals surface area contributed by atoms with Gasteiger partial charge in [0.1, 0.15) is 5.82 Å². The molecule has 0 radical (unpaired) electrons. The number of benzene rings is 1. The second-order valence-corrected chi connectivity index (χ2v) is 8.98. The van der Waals surface area contributed by atoms with E-state index in [1.807, 2.05) is 43.0 Å². The largest absolute Gasteiger partial charge is 0.410 e. The number of alkyl halides is 3. The molecule has 1 amide bonds. The van der Waals surface area contributed by atoms with E-state index >= 15 is 0 Å². The van der Waals surface area contributed by atoms with E-state index in [9.17, 15) is 18.0 Å². The lowest BCUT2D eigenvalue weighted by molar-refractivity contribution is -0.175. The number of likely N-dealkylation sites (tertiary alicyclic amines) is 1. The number of aryl methyl sites for hydroxylation is 2. The third-order valence-corrected chi connectivity index (χ3v) is 6.63. The molecule has 0 bridgehead atoms. The Hall–Kier alpha value is -2.51. The third kappa shape index (κ3) is 4.43. The Morgan fingerprint density at radius 1 is 1.23 bits per heavy atom. The summed E-state index contributed by atoms with van der Waals surface area (Å²) in [6, 6.07) is 7.61. The Balaban J connectivity index is 1.49. The molecule has 4 rings (SSSR count). The fourth-order valence-corrected chi connectivity index (χ4v) is 4.84. The number of hydrogen-bond donors (Lipinski definition) is 1. The Labute approximate surface area is 180 Å². The minimum atomic E-state index is -4.36. The quantitative estimate of drug-likeness (QED) is 0.753. The van der Waals surface area contributed by atoms with Crippen molar-refractivity contribution < 1.29 is 18.0 Å². The predicted octanol–water partition coefficient (Wildman–Crippen LogP) is 4.83. The summed E-state index contributed by atoms with van der Waals surface area (Å²) in [5.41, 5.74) is 2.66. The van der Waals surface area contributed by atoms with E-state index in [2.05, 4.69) is 10.4 Å². The van der Waals surface area contributed by atoms with Gasteiger partial charge in [-0.1, -0.05) is 29.8 Å². The van der Waals surface area contributed by atoms with Crippen LogP contribution < -0.4 is 5.32 Å². The SMILES string of the molecule is Cc1ccc([C@H](C)C(=O)N2CCC[C@@H]([C@@H]3C[C@H](C(F)(F)F)n4nc(C)cc4N3)C2)cc1. The van der Waals surface area contributed by atoms with Crippen molar-refractivity contribution in [1.29, 1.82) is 0 Å². The molecule has 168 valence electrons. The average Bonchev–Trinajstić information content (AvgIpc) is 3.11. The van der Waals surface area contributed by atoms with E-state index < -0.39 is 12.2 Å². The summed E-state index contributed by atoms with van der Waals surface area (Å²) in [4.78, 5) is 15.0. The first-order valence-electron chi connectivity index (χ1n) is 10.9. The van der Waals surface area contributed by atoms with Gasteiger partial charge in [-0.25, -0.2) is 4.68 Å². The lowest BCUT2D eigenvalue weighted by Gasteiger charge is -2.42. The number of amides is 1. The summed E-state index contributed by atoms with van der Waals surface area (Å²) in [5.74, 6) is 0.146. The number of nitrogens with one attached hydrogen (secondary N) is 1. The number of halogens is 3. The summed E-state index contributed by atoms with van der Waals surface area (Å²) in [7, 11) is 0. The van der Waals surface area contributed by atoms with Gasteiger partial charge in [0.15, 0.2) is 6.04 Å². The maximum Gasteiger partial charge on any atom is 0.410 e. The number of aromatic nitrogens is 2. The van der Waals surface area contributed by atoms with Crippen LogP contribution in [0.1, 0.15) is 55.0 Å². The molecule has 31 heavy (non-hydrogen) atoms. The number of nitrogens with zero attached hydrogens (tertiary/aromatic N) is 3. The molecule has 0 unspecified atom stereocenters. The molecule has 8 heteroatoms. The third-order valence-electron chi connectivity index (χ3n) is 6.63. The van der Waals surface area contributed by atoms with Crippen LogP contribution in [-0.2, 0) is 4.79 Å². The van der Waals surface area contributed by atoms with E-state index in [0.717, 1.165) is 28.7 Å². The molecule has 1 saturated heterocycles. The van der Waals surface area contributed by atoms with E-state index in [0.29, 0.717) is 24.6 Å². The smallest absolute Gasteiger partial charge is 0.367 e. The highest BCUT2D eigenvalue weighted by atomic mass is 19.4. The van der Waals surface area contributed by atoms with Crippen molar-refractivity contribution in [3.8, 4) is 0 Å². The Bertz CT molecular complexity index is 937. The van der Waals surface area contributed by atoms with Gasteiger partial charge in [-0.05, 0) is 51.5 Å². The molecular weight excluding hydrogens is 405 g/mol. The molecule has 1 N–H and O–H groups in total. The van der Waals surface area contributed by atoms with Crippen LogP contribution in [0, 0.1) is 19.8 Å². The number of hydrogen-bond acceptors (Lipinski definition) is 3. The van der Waals surface area contributed by atoms with Gasteiger partial charge in [-0.15, -0.1) is 0 Å². The van der Waals surface area contributed by atoms with Crippen LogP contribution in [-0.4, -0.2) is 45.9 Å². The Morgan fingerprint density at radius 2 is 1.94 bits per heavy atom. The molecule has 4 atom stereocenters.